The Hall–Kier alpha value is -6.29. The molecule has 9 N–H and O–H groups in total. The molecule has 1 aliphatic carbocycles. The molecule has 0 aromatic carbocycles. The van der Waals surface area contributed by atoms with E-state index < -0.39 is 62.0 Å². The fourth-order valence-corrected chi connectivity index (χ4v) is 11.1. The zero-order valence-corrected chi connectivity index (χ0v) is 44.0. The average molecular weight is 1080 g/mol. The minimum absolute atomic E-state index is 0.0436. The summed E-state index contributed by atoms with van der Waals surface area (Å²) in [5.74, 6) is -5.53. The van der Waals surface area contributed by atoms with Crippen molar-refractivity contribution in [1.82, 2.24) is 31.1 Å². The molecule has 5 aliphatic heterocycles. The number of halogens is 1. The number of carbonyl (C=O) groups excluding carboxylic acids is 2. The molecule has 8 bridgehead atoms. The van der Waals surface area contributed by atoms with Gasteiger partial charge in [0.15, 0.2) is 0 Å². The number of fused-ring (bicyclic) bond motifs is 5. The van der Waals surface area contributed by atoms with E-state index in [0.29, 0.717) is 32.2 Å². The number of amides is 2. The number of hydrogen-bond acceptors (Lipinski definition) is 14. The Bertz CT molecular complexity index is 2650. The van der Waals surface area contributed by atoms with Gasteiger partial charge in [-0.3, -0.25) is 43.9 Å². The first-order valence-electron chi connectivity index (χ1n) is 25.0. The number of unbranched alkanes of at least 4 members (excludes halogenated alkanes) is 3. The molecule has 0 aromatic heterocycles. The summed E-state index contributed by atoms with van der Waals surface area (Å²) in [7, 11) is 0. The summed E-state index contributed by atoms with van der Waals surface area (Å²) < 4.78 is 0.853. The Morgan fingerprint density at radius 2 is 1.38 bits per heavy atom. The van der Waals surface area contributed by atoms with Crippen LogP contribution in [0.15, 0.2) is 105 Å². The molecule has 0 spiro atoms. The molecule has 73 heavy (non-hydrogen) atoms. The third kappa shape index (κ3) is 13.7. The first-order chi connectivity index (χ1) is 34.7. The van der Waals surface area contributed by atoms with Gasteiger partial charge < -0.3 is 41.5 Å². The van der Waals surface area contributed by atoms with E-state index in [1.54, 1.807) is 0 Å². The van der Waals surface area contributed by atoms with Crippen molar-refractivity contribution in [2.24, 2.45) is 26.8 Å². The zero-order valence-electron chi connectivity index (χ0n) is 42.4. The highest BCUT2D eigenvalue weighted by Crippen LogP contribution is 2.48. The summed E-state index contributed by atoms with van der Waals surface area (Å²) in [6.45, 7) is 10.5. The molecule has 0 aromatic rings. The Balaban J connectivity index is 1.05. The van der Waals surface area contributed by atoms with Crippen molar-refractivity contribution < 1.29 is 54.3 Å². The summed E-state index contributed by atoms with van der Waals surface area (Å²) in [6, 6.07) is -1.03. The van der Waals surface area contributed by atoms with E-state index in [2.05, 4.69) is 77.9 Å². The third-order valence-electron chi connectivity index (χ3n) is 14.0. The first kappa shape index (κ1) is 56.0. The van der Waals surface area contributed by atoms with Gasteiger partial charge in [-0.15, -0.1) is 0 Å². The molecular weight excluding hydrogens is 1010 g/mol. The second-order valence-electron chi connectivity index (χ2n) is 19.1. The molecule has 3 atom stereocenters. The maximum Gasteiger partial charge on any atom is 0.317 e. The smallest absolute Gasteiger partial charge is 0.317 e. The number of carboxylic acids is 4. The van der Waals surface area contributed by atoms with Crippen molar-refractivity contribution in [3.05, 3.63) is 89.9 Å². The summed E-state index contributed by atoms with van der Waals surface area (Å²) in [4.78, 5) is 89.9. The second kappa shape index (κ2) is 25.1. The SMILES string of the molecule is CCC1=C(C)C2=NC1=CC1=C(C)C3=C(O)CC(=C4NC(=C(Br)C5=NC(=C2)C(CC)=C5C)[C@@H](C)[C@@H]4CCC(=O)NCCCCCCNC(=O)C(CCN(CC(=O)O)CN(CC(=O)O)CC(=O)O)NCC(=O)O)C3=N1. The Labute approximate surface area is 433 Å². The van der Waals surface area contributed by atoms with Crippen molar-refractivity contribution in [3.8, 4) is 0 Å². The Morgan fingerprint density at radius 3 is 2.01 bits per heavy atom. The number of rotatable bonds is 27. The average Bonchev–Trinajstić information content (AvgIpc) is 4.09. The molecule has 394 valence electrons. The van der Waals surface area contributed by atoms with Gasteiger partial charge in [-0.2, -0.15) is 0 Å². The van der Waals surface area contributed by atoms with Crippen LogP contribution in [0.1, 0.15) is 106 Å². The summed E-state index contributed by atoms with van der Waals surface area (Å²) in [5.41, 5.74) is 13.9. The number of hydrogen-bond donors (Lipinski definition) is 9. The number of carboxylic acid groups (broad SMARTS) is 4. The van der Waals surface area contributed by atoms with Crippen LogP contribution in [0, 0.1) is 11.8 Å². The van der Waals surface area contributed by atoms with Crippen LogP contribution in [0.3, 0.4) is 0 Å². The minimum atomic E-state index is -1.30. The highest BCUT2D eigenvalue weighted by molar-refractivity contribution is 9.12. The summed E-state index contributed by atoms with van der Waals surface area (Å²) >= 11 is 3.99. The van der Waals surface area contributed by atoms with Crippen molar-refractivity contribution >= 4 is 68.8 Å². The van der Waals surface area contributed by atoms with Crippen molar-refractivity contribution in [1.29, 1.82) is 0 Å². The van der Waals surface area contributed by atoms with Crippen LogP contribution in [0.25, 0.3) is 0 Å². The largest absolute Gasteiger partial charge is 0.511 e. The highest BCUT2D eigenvalue weighted by Gasteiger charge is 2.42. The number of aliphatic imine (C=N–C) groups is 3. The number of allylic oxidation sites excluding steroid dienone is 12. The quantitative estimate of drug-likeness (QED) is 0.0357. The Kier molecular flexibility index (Phi) is 19.3. The predicted octanol–water partition coefficient (Wildman–Crippen LogP) is 5.61. The molecule has 1 unspecified atom stereocenters. The summed E-state index contributed by atoms with van der Waals surface area (Å²) in [6.07, 6.45) is 9.58. The van der Waals surface area contributed by atoms with Crippen LogP contribution in [-0.2, 0) is 28.8 Å². The lowest BCUT2D eigenvalue weighted by molar-refractivity contribution is -0.143. The number of nitrogens with zero attached hydrogens (tertiary/aromatic N) is 5. The molecule has 5 heterocycles. The number of nitrogens with one attached hydrogen (secondary N) is 4. The fraction of sp³-hybridized carbons (Fsp3) is 0.519. The van der Waals surface area contributed by atoms with E-state index in [9.17, 15) is 54.3 Å². The van der Waals surface area contributed by atoms with Crippen LogP contribution in [0.5, 0.6) is 0 Å². The number of carbonyl (C=O) groups is 6. The van der Waals surface area contributed by atoms with E-state index in [-0.39, 0.29) is 56.1 Å². The zero-order chi connectivity index (χ0) is 53.3. The topological polar surface area (TPSA) is 295 Å². The van der Waals surface area contributed by atoms with E-state index >= 15 is 0 Å². The van der Waals surface area contributed by atoms with E-state index in [1.165, 1.54) is 4.90 Å². The van der Waals surface area contributed by atoms with Crippen LogP contribution >= 0.6 is 15.9 Å². The van der Waals surface area contributed by atoms with Crippen LogP contribution < -0.4 is 21.3 Å². The lowest BCUT2D eigenvalue weighted by Crippen LogP contribution is -2.49. The predicted molar refractivity (Wildman–Crippen MR) is 279 cm³/mol. The van der Waals surface area contributed by atoms with Gasteiger partial charge in [0.05, 0.1) is 77.6 Å². The van der Waals surface area contributed by atoms with Gasteiger partial charge in [-0.1, -0.05) is 33.6 Å². The van der Waals surface area contributed by atoms with E-state index in [0.717, 1.165) is 120 Å². The van der Waals surface area contributed by atoms with Crippen molar-refractivity contribution in [3.63, 3.8) is 0 Å². The lowest BCUT2D eigenvalue weighted by atomic mass is 9.86. The van der Waals surface area contributed by atoms with Gasteiger partial charge in [0.2, 0.25) is 11.8 Å². The van der Waals surface area contributed by atoms with Gasteiger partial charge in [0, 0.05) is 66.9 Å². The normalized spacial score (nSPS) is 19.7. The Morgan fingerprint density at radius 1 is 0.767 bits per heavy atom. The molecule has 1 saturated heterocycles. The van der Waals surface area contributed by atoms with Gasteiger partial charge in [0.25, 0.3) is 0 Å². The van der Waals surface area contributed by atoms with E-state index in [1.807, 2.05) is 13.0 Å². The minimum Gasteiger partial charge on any atom is -0.511 e. The maximum absolute atomic E-state index is 13.5. The monoisotopic (exact) mass is 1070 g/mol. The van der Waals surface area contributed by atoms with Gasteiger partial charge in [-0.25, -0.2) is 15.0 Å². The third-order valence-corrected chi connectivity index (χ3v) is 14.8. The van der Waals surface area contributed by atoms with Gasteiger partial charge in [-0.05, 0) is 115 Å². The van der Waals surface area contributed by atoms with Crippen molar-refractivity contribution in [2.45, 2.75) is 112 Å². The van der Waals surface area contributed by atoms with E-state index in [4.69, 9.17) is 15.0 Å². The van der Waals surface area contributed by atoms with Crippen LogP contribution in [0.2, 0.25) is 0 Å². The fourth-order valence-electron chi connectivity index (χ4n) is 10.3. The molecular formula is C52H68BrN9O11. The van der Waals surface area contributed by atoms with Crippen molar-refractivity contribution in [2.75, 3.05) is 52.5 Å². The molecule has 0 saturated carbocycles. The molecule has 21 heteroatoms. The number of aliphatic hydroxyl groups excluding tert-OH is 1. The summed E-state index contributed by atoms with van der Waals surface area (Å²) in [5, 5.41) is 60.9. The van der Waals surface area contributed by atoms with Gasteiger partial charge in [0.1, 0.15) is 5.76 Å². The maximum atomic E-state index is 13.5. The van der Waals surface area contributed by atoms with Crippen LogP contribution in [-0.4, -0.2) is 147 Å². The lowest BCUT2D eigenvalue weighted by Gasteiger charge is -2.28. The molecule has 0 radical (unpaired) electrons. The molecule has 2 amide bonds. The standard InChI is InChI=1S/C52H68BrN9O11/c1-7-31-27(3)36-20-39-32(8-2)28(4)48(59-39)47(53)49-29(5)33(50(60-49)34-19-40(63)46-30(6)37(58-51(34)46)21-38(31)57-36)13-14-41(64)54-16-11-9-10-12-17-55-52(73)35(56-22-42(65)66)15-18-61(23-43(67)68)26-62(24-44(69)70)25-45(71)72/h20-21,29,33,35,56,60,63H,7-19,22-26H2,1-6H3,(H,54,64)(H,55,73)(H,65,66)(H,67,68)(H,69,70)(H,71,72)/t29-,33-,35?/m0/s1. The number of aliphatic hydroxyl groups is 1. The molecule has 1 fully saturated rings. The van der Waals surface area contributed by atoms with Gasteiger partial charge >= 0.3 is 23.9 Å². The molecule has 20 nitrogen and oxygen atoms in total. The second-order valence-corrected chi connectivity index (χ2v) is 19.9. The first-order valence-corrected chi connectivity index (χ1v) is 25.8. The molecule has 6 aliphatic rings. The van der Waals surface area contributed by atoms with Crippen LogP contribution in [0.4, 0.5) is 0 Å². The highest BCUT2D eigenvalue weighted by atomic mass is 79.9. The number of aliphatic carboxylic acids is 4. The molecule has 6 rings (SSSR count).